The highest BCUT2D eigenvalue weighted by Gasteiger charge is 2.06. The van der Waals surface area contributed by atoms with Crippen LogP contribution in [0.4, 0.5) is 0 Å². The Hall–Kier alpha value is -2.70. The lowest BCUT2D eigenvalue weighted by atomic mass is 10.3. The first-order valence-electron chi connectivity index (χ1n) is 6.81. The van der Waals surface area contributed by atoms with Crippen LogP contribution < -0.4 is 5.56 Å². The molecular weight excluding hydrogens is 268 g/mol. The van der Waals surface area contributed by atoms with Gasteiger partial charge in [-0.05, 0) is 24.6 Å². The van der Waals surface area contributed by atoms with E-state index in [-0.39, 0.29) is 5.56 Å². The molecule has 0 unspecified atom stereocenters. The molecule has 21 heavy (non-hydrogen) atoms. The fourth-order valence-electron chi connectivity index (χ4n) is 2.18. The molecule has 0 aliphatic rings. The Morgan fingerprint density at radius 2 is 2.19 bits per heavy atom. The van der Waals surface area contributed by atoms with Crippen LogP contribution in [0.25, 0.3) is 23.2 Å². The van der Waals surface area contributed by atoms with Gasteiger partial charge in [-0.2, -0.15) is 10.2 Å². The molecule has 3 rings (SSSR count). The molecule has 3 heterocycles. The molecule has 1 N–H and O–H groups in total. The molecule has 0 aliphatic heterocycles. The number of nitrogens with one attached hydrogen (secondary N) is 1. The Kier molecular flexibility index (Phi) is 3.39. The molecular formula is C14H16N6O. The number of aromatic amines is 1. The molecule has 3 aromatic heterocycles. The minimum Gasteiger partial charge on any atom is -0.306 e. The highest BCUT2D eigenvalue weighted by Crippen LogP contribution is 2.08. The molecule has 7 heteroatoms. The SMILES string of the molecule is CCCn1nccc1/C=C/c1nc2c(cnn2C)c(=O)[nH]1. The quantitative estimate of drug-likeness (QED) is 0.786. The summed E-state index contributed by atoms with van der Waals surface area (Å²) in [6.07, 6.45) is 7.96. The van der Waals surface area contributed by atoms with Crippen LogP contribution in [-0.2, 0) is 13.6 Å². The van der Waals surface area contributed by atoms with Gasteiger partial charge in [0.15, 0.2) is 5.65 Å². The Morgan fingerprint density at radius 1 is 1.33 bits per heavy atom. The maximum absolute atomic E-state index is 11.9. The third kappa shape index (κ3) is 2.49. The van der Waals surface area contributed by atoms with Crippen molar-refractivity contribution >= 4 is 23.2 Å². The summed E-state index contributed by atoms with van der Waals surface area (Å²) in [5, 5.41) is 8.78. The van der Waals surface area contributed by atoms with E-state index < -0.39 is 0 Å². The Labute approximate surface area is 120 Å². The number of nitrogens with zero attached hydrogens (tertiary/aromatic N) is 5. The number of H-pyrrole nitrogens is 1. The fourth-order valence-corrected chi connectivity index (χ4v) is 2.18. The van der Waals surface area contributed by atoms with Crippen molar-refractivity contribution in [1.82, 2.24) is 29.5 Å². The second-order valence-corrected chi connectivity index (χ2v) is 4.77. The standard InChI is InChI=1S/C14H16N6O/c1-3-8-20-10(6-7-15-20)4-5-12-17-13-11(14(21)18-12)9-16-19(13)2/h4-7,9H,3,8H2,1-2H3,(H,17,18,21)/b5-4+. The fraction of sp³-hybridized carbons (Fsp3) is 0.286. The minimum absolute atomic E-state index is 0.185. The lowest BCUT2D eigenvalue weighted by Crippen LogP contribution is -2.09. The molecule has 7 nitrogen and oxygen atoms in total. The second kappa shape index (κ2) is 5.35. The van der Waals surface area contributed by atoms with Crippen molar-refractivity contribution < 1.29 is 0 Å². The van der Waals surface area contributed by atoms with Crippen molar-refractivity contribution in [2.75, 3.05) is 0 Å². The number of rotatable bonds is 4. The Morgan fingerprint density at radius 3 is 3.00 bits per heavy atom. The minimum atomic E-state index is -0.185. The van der Waals surface area contributed by atoms with E-state index in [4.69, 9.17) is 0 Å². The summed E-state index contributed by atoms with van der Waals surface area (Å²) in [4.78, 5) is 19.1. The molecule has 108 valence electrons. The van der Waals surface area contributed by atoms with Crippen molar-refractivity contribution in [3.63, 3.8) is 0 Å². The second-order valence-electron chi connectivity index (χ2n) is 4.77. The van der Waals surface area contributed by atoms with Crippen LogP contribution in [0.15, 0.2) is 23.3 Å². The van der Waals surface area contributed by atoms with Crippen LogP contribution in [-0.4, -0.2) is 29.5 Å². The van der Waals surface area contributed by atoms with E-state index in [0.717, 1.165) is 18.7 Å². The van der Waals surface area contributed by atoms with Crippen molar-refractivity contribution in [2.45, 2.75) is 19.9 Å². The van der Waals surface area contributed by atoms with Gasteiger partial charge in [0, 0.05) is 19.8 Å². The van der Waals surface area contributed by atoms with Gasteiger partial charge in [0.1, 0.15) is 11.2 Å². The van der Waals surface area contributed by atoms with Gasteiger partial charge in [-0.15, -0.1) is 0 Å². The smallest absolute Gasteiger partial charge is 0.262 e. The maximum Gasteiger partial charge on any atom is 0.262 e. The van der Waals surface area contributed by atoms with Crippen LogP contribution in [0.1, 0.15) is 24.9 Å². The largest absolute Gasteiger partial charge is 0.306 e. The van der Waals surface area contributed by atoms with Gasteiger partial charge in [0.25, 0.3) is 5.56 Å². The molecule has 0 aliphatic carbocycles. The molecule has 0 radical (unpaired) electrons. The molecule has 0 saturated carbocycles. The van der Waals surface area contributed by atoms with Gasteiger partial charge in [-0.3, -0.25) is 14.2 Å². The molecule has 0 aromatic carbocycles. The van der Waals surface area contributed by atoms with Crippen molar-refractivity contribution in [1.29, 1.82) is 0 Å². The van der Waals surface area contributed by atoms with E-state index in [2.05, 4.69) is 27.1 Å². The lowest BCUT2D eigenvalue weighted by molar-refractivity contribution is 0.598. The monoisotopic (exact) mass is 284 g/mol. The highest BCUT2D eigenvalue weighted by atomic mass is 16.1. The van der Waals surface area contributed by atoms with Crippen LogP contribution in [0.5, 0.6) is 0 Å². The number of aryl methyl sites for hydroxylation is 2. The summed E-state index contributed by atoms with van der Waals surface area (Å²) < 4.78 is 3.50. The summed E-state index contributed by atoms with van der Waals surface area (Å²) in [7, 11) is 1.76. The first-order chi connectivity index (χ1) is 10.2. The lowest BCUT2D eigenvalue weighted by Gasteiger charge is -2.01. The van der Waals surface area contributed by atoms with Gasteiger partial charge >= 0.3 is 0 Å². The van der Waals surface area contributed by atoms with Crippen LogP contribution in [0.2, 0.25) is 0 Å². The zero-order valence-electron chi connectivity index (χ0n) is 11.9. The topological polar surface area (TPSA) is 81.4 Å². The molecule has 3 aromatic rings. The van der Waals surface area contributed by atoms with E-state index in [9.17, 15) is 4.79 Å². The Bertz CT molecular complexity index is 854. The van der Waals surface area contributed by atoms with Crippen LogP contribution in [0, 0.1) is 0 Å². The van der Waals surface area contributed by atoms with Crippen molar-refractivity contribution in [3.05, 3.63) is 40.3 Å². The normalized spacial score (nSPS) is 11.7. The molecule has 0 saturated heterocycles. The Balaban J connectivity index is 1.97. The zero-order valence-corrected chi connectivity index (χ0v) is 11.9. The van der Waals surface area contributed by atoms with Gasteiger partial charge in [0.2, 0.25) is 0 Å². The van der Waals surface area contributed by atoms with E-state index in [1.807, 2.05) is 16.8 Å². The summed E-state index contributed by atoms with van der Waals surface area (Å²) in [5.74, 6) is 0.500. The predicted octanol–water partition coefficient (Wildman–Crippen LogP) is 1.43. The zero-order chi connectivity index (χ0) is 14.8. The van der Waals surface area contributed by atoms with Gasteiger partial charge in [-0.25, -0.2) is 4.98 Å². The molecule has 0 atom stereocenters. The molecule has 0 amide bonds. The number of aromatic nitrogens is 6. The number of fused-ring (bicyclic) bond motifs is 1. The van der Waals surface area contributed by atoms with Crippen LogP contribution in [0.3, 0.4) is 0 Å². The number of hydrogen-bond acceptors (Lipinski definition) is 4. The third-order valence-corrected chi connectivity index (χ3v) is 3.22. The predicted molar refractivity (Wildman–Crippen MR) is 80.6 cm³/mol. The van der Waals surface area contributed by atoms with E-state index in [1.54, 1.807) is 24.0 Å². The van der Waals surface area contributed by atoms with E-state index in [1.165, 1.54) is 6.20 Å². The highest BCUT2D eigenvalue weighted by molar-refractivity contribution is 5.75. The number of hydrogen-bond donors (Lipinski definition) is 1. The van der Waals surface area contributed by atoms with Crippen molar-refractivity contribution in [2.24, 2.45) is 7.05 Å². The summed E-state index contributed by atoms with van der Waals surface area (Å²) in [5.41, 5.74) is 1.36. The molecule has 0 spiro atoms. The van der Waals surface area contributed by atoms with Gasteiger partial charge < -0.3 is 4.98 Å². The van der Waals surface area contributed by atoms with E-state index >= 15 is 0 Å². The van der Waals surface area contributed by atoms with Gasteiger partial charge in [-0.1, -0.05) is 6.92 Å². The summed E-state index contributed by atoms with van der Waals surface area (Å²) in [6, 6.07) is 1.92. The molecule has 0 fully saturated rings. The first kappa shape index (κ1) is 13.3. The van der Waals surface area contributed by atoms with E-state index in [0.29, 0.717) is 16.9 Å². The maximum atomic E-state index is 11.9. The summed E-state index contributed by atoms with van der Waals surface area (Å²) >= 11 is 0. The average Bonchev–Trinajstić information content (AvgIpc) is 3.05. The third-order valence-electron chi connectivity index (χ3n) is 3.22. The van der Waals surface area contributed by atoms with Crippen LogP contribution >= 0.6 is 0 Å². The van der Waals surface area contributed by atoms with Crippen molar-refractivity contribution in [3.8, 4) is 0 Å². The first-order valence-corrected chi connectivity index (χ1v) is 6.81. The average molecular weight is 284 g/mol. The van der Waals surface area contributed by atoms with Gasteiger partial charge in [0.05, 0.1) is 11.9 Å². The molecule has 0 bridgehead atoms. The summed E-state index contributed by atoms with van der Waals surface area (Å²) in [6.45, 7) is 2.96.